The van der Waals surface area contributed by atoms with Crippen LogP contribution in [0.4, 0.5) is 10.2 Å². The number of carbonyl (C=O) groups is 1. The number of anilines is 1. The zero-order chi connectivity index (χ0) is 24.1. The van der Waals surface area contributed by atoms with Gasteiger partial charge in [-0.25, -0.2) is 22.8 Å². The number of halogens is 2. The van der Waals surface area contributed by atoms with E-state index >= 15 is 0 Å². The lowest BCUT2D eigenvalue weighted by Crippen LogP contribution is -2.42. The smallest absolute Gasteiger partial charge is 0.182 e. The Morgan fingerprint density at radius 3 is 2.53 bits per heavy atom. The molecule has 3 radical (unpaired) electrons. The van der Waals surface area contributed by atoms with Crippen LogP contribution in [0, 0.1) is 17.7 Å². The SMILES string of the molecule is CC(C)[C@@]([Si])(Nc1cnc(C(=O)CC[C@H](C)/C=C/S(C)(=O)=O)cn1)c1cccc(F)c1Cl. The van der Waals surface area contributed by atoms with Gasteiger partial charge in [0.15, 0.2) is 15.6 Å². The molecule has 2 rings (SSSR count). The molecule has 10 heteroatoms. The molecule has 1 aromatic carbocycles. The molecule has 0 aliphatic rings. The molecule has 2 atom stereocenters. The Morgan fingerprint density at radius 1 is 1.28 bits per heavy atom. The third kappa shape index (κ3) is 6.95. The molecule has 0 amide bonds. The molecule has 0 aliphatic carbocycles. The van der Waals surface area contributed by atoms with E-state index in [1.807, 2.05) is 20.8 Å². The van der Waals surface area contributed by atoms with Crippen molar-refractivity contribution in [1.29, 1.82) is 0 Å². The standard InChI is InChI=1S/C22H26ClFN3O3SSi/c1-14(2)22(32,16-6-5-7-17(24)21(16)23)27-20-13-25-18(12-26-20)19(28)9-8-15(3)10-11-31(4,29)30/h5-7,10-15H,8-9H2,1-4H3,(H,26,27)/b11-10+/t15-,22-/m0/s1. The number of benzene rings is 1. The molecule has 0 saturated heterocycles. The maximum Gasteiger partial charge on any atom is 0.182 e. The minimum absolute atomic E-state index is 0.00231. The lowest BCUT2D eigenvalue weighted by molar-refractivity contribution is 0.0971. The molecule has 6 nitrogen and oxygen atoms in total. The number of rotatable bonds is 10. The highest BCUT2D eigenvalue weighted by atomic mass is 35.5. The summed E-state index contributed by atoms with van der Waals surface area (Å²) in [6, 6.07) is 4.59. The predicted molar refractivity (Wildman–Crippen MR) is 126 cm³/mol. The van der Waals surface area contributed by atoms with Gasteiger partial charge in [0.1, 0.15) is 17.3 Å². The molecule has 0 aliphatic heterocycles. The van der Waals surface area contributed by atoms with Gasteiger partial charge in [0.2, 0.25) is 0 Å². The molecule has 0 unspecified atom stereocenters. The van der Waals surface area contributed by atoms with Gasteiger partial charge < -0.3 is 5.32 Å². The van der Waals surface area contributed by atoms with Crippen molar-refractivity contribution in [3.8, 4) is 0 Å². The zero-order valence-electron chi connectivity index (χ0n) is 18.4. The number of sulfone groups is 1. The maximum absolute atomic E-state index is 14.0. The van der Waals surface area contributed by atoms with Crippen LogP contribution in [0.15, 0.2) is 42.1 Å². The van der Waals surface area contributed by atoms with E-state index in [4.69, 9.17) is 11.6 Å². The maximum atomic E-state index is 14.0. The van der Waals surface area contributed by atoms with Crippen molar-refractivity contribution in [3.05, 3.63) is 64.2 Å². The van der Waals surface area contributed by atoms with Gasteiger partial charge in [-0.2, -0.15) is 0 Å². The molecule has 0 bridgehead atoms. The monoisotopic (exact) mass is 494 g/mol. The molecule has 171 valence electrons. The van der Waals surface area contributed by atoms with Crippen LogP contribution in [0.3, 0.4) is 0 Å². The van der Waals surface area contributed by atoms with Crippen molar-refractivity contribution in [2.45, 2.75) is 38.8 Å². The molecular weight excluding hydrogens is 469 g/mol. The Kier molecular flexibility index (Phi) is 8.72. The summed E-state index contributed by atoms with van der Waals surface area (Å²) in [5, 5.41) is 3.43. The fourth-order valence-electron chi connectivity index (χ4n) is 2.93. The number of carbonyl (C=O) groups excluding carboxylic acids is 1. The van der Waals surface area contributed by atoms with Crippen LogP contribution >= 0.6 is 11.6 Å². The Hall–Kier alpha value is -2.10. The summed E-state index contributed by atoms with van der Waals surface area (Å²) >= 11 is 6.20. The molecule has 1 N–H and O–H groups in total. The van der Waals surface area contributed by atoms with Crippen LogP contribution in [0.25, 0.3) is 0 Å². The predicted octanol–water partition coefficient (Wildman–Crippen LogP) is 4.52. The van der Waals surface area contributed by atoms with Crippen molar-refractivity contribution in [2.24, 2.45) is 11.8 Å². The summed E-state index contributed by atoms with van der Waals surface area (Å²) in [5.41, 5.74) is 0.728. The third-order valence-electron chi connectivity index (χ3n) is 4.99. The average Bonchev–Trinajstić information content (AvgIpc) is 2.72. The number of ketones is 1. The van der Waals surface area contributed by atoms with E-state index in [0.29, 0.717) is 17.8 Å². The molecule has 32 heavy (non-hydrogen) atoms. The molecule has 0 fully saturated rings. The summed E-state index contributed by atoms with van der Waals surface area (Å²) in [6.07, 6.45) is 6.20. The molecule has 1 heterocycles. The fraction of sp³-hybridized carbons (Fsp3) is 0.409. The number of aromatic nitrogens is 2. The van der Waals surface area contributed by atoms with E-state index in [0.717, 1.165) is 11.7 Å². The number of hydrogen-bond acceptors (Lipinski definition) is 6. The number of nitrogens with one attached hydrogen (secondary N) is 1. The molecule has 1 aromatic heterocycles. The van der Waals surface area contributed by atoms with E-state index < -0.39 is 20.8 Å². The van der Waals surface area contributed by atoms with Crippen LogP contribution in [-0.4, -0.2) is 40.7 Å². The quantitative estimate of drug-likeness (QED) is 0.386. The van der Waals surface area contributed by atoms with E-state index in [9.17, 15) is 17.6 Å². The van der Waals surface area contributed by atoms with E-state index in [2.05, 4.69) is 25.5 Å². The first-order valence-corrected chi connectivity index (χ1v) is 12.9. The van der Waals surface area contributed by atoms with Crippen molar-refractivity contribution >= 4 is 43.3 Å². The highest BCUT2D eigenvalue weighted by Crippen LogP contribution is 2.35. The van der Waals surface area contributed by atoms with Gasteiger partial charge in [-0.3, -0.25) is 4.79 Å². The van der Waals surface area contributed by atoms with Gasteiger partial charge in [0.25, 0.3) is 0 Å². The first-order valence-electron chi connectivity index (χ1n) is 10.0. The Bertz CT molecular complexity index is 1090. The van der Waals surface area contributed by atoms with Crippen molar-refractivity contribution in [3.63, 3.8) is 0 Å². The number of hydrogen-bond donors (Lipinski definition) is 1. The Balaban J connectivity index is 2.11. The minimum atomic E-state index is -3.19. The molecule has 2 aromatic rings. The first-order chi connectivity index (χ1) is 14.8. The van der Waals surface area contributed by atoms with Crippen LogP contribution in [-0.2, 0) is 15.0 Å². The van der Waals surface area contributed by atoms with E-state index in [1.165, 1.54) is 18.5 Å². The largest absolute Gasteiger partial charge is 0.363 e. The second-order valence-corrected chi connectivity index (χ2v) is 11.2. The van der Waals surface area contributed by atoms with Crippen LogP contribution in [0.2, 0.25) is 5.02 Å². The second kappa shape index (κ2) is 10.7. The van der Waals surface area contributed by atoms with Gasteiger partial charge in [0.05, 0.1) is 32.8 Å². The Morgan fingerprint density at radius 2 is 1.97 bits per heavy atom. The first kappa shape index (κ1) is 26.2. The van der Waals surface area contributed by atoms with E-state index in [1.54, 1.807) is 18.2 Å². The van der Waals surface area contributed by atoms with E-state index in [-0.39, 0.29) is 34.8 Å². The second-order valence-electron chi connectivity index (χ2n) is 8.07. The summed E-state index contributed by atoms with van der Waals surface area (Å²) in [6.45, 7) is 5.71. The highest BCUT2D eigenvalue weighted by molar-refractivity contribution is 7.93. The molecule has 0 saturated carbocycles. The summed E-state index contributed by atoms with van der Waals surface area (Å²) < 4.78 is 36.4. The normalized spacial score (nSPS) is 15.0. The summed E-state index contributed by atoms with van der Waals surface area (Å²) in [4.78, 5) is 20.9. The molecular formula is C22H26ClFN3O3SSi. The van der Waals surface area contributed by atoms with Gasteiger partial charge in [-0.1, -0.05) is 50.6 Å². The van der Waals surface area contributed by atoms with Crippen molar-refractivity contribution in [2.75, 3.05) is 11.6 Å². The number of allylic oxidation sites excluding steroid dienone is 1. The average molecular weight is 495 g/mol. The minimum Gasteiger partial charge on any atom is -0.363 e. The zero-order valence-corrected chi connectivity index (χ0v) is 21.0. The van der Waals surface area contributed by atoms with Crippen LogP contribution in [0.5, 0.6) is 0 Å². The third-order valence-corrected chi connectivity index (χ3v) is 6.99. The summed E-state index contributed by atoms with van der Waals surface area (Å²) in [5.74, 6) is -0.455. The van der Waals surface area contributed by atoms with Crippen molar-refractivity contribution < 1.29 is 17.6 Å². The fourth-order valence-corrected chi connectivity index (χ4v) is 4.17. The lowest BCUT2D eigenvalue weighted by Gasteiger charge is -2.36. The van der Waals surface area contributed by atoms with Gasteiger partial charge in [0, 0.05) is 18.1 Å². The van der Waals surface area contributed by atoms with Crippen LogP contribution < -0.4 is 5.32 Å². The van der Waals surface area contributed by atoms with Gasteiger partial charge in [-0.05, 0) is 29.9 Å². The number of nitrogens with zero attached hydrogens (tertiary/aromatic N) is 2. The lowest BCUT2D eigenvalue weighted by atomic mass is 9.94. The Labute approximate surface area is 197 Å². The van der Waals surface area contributed by atoms with Gasteiger partial charge >= 0.3 is 0 Å². The van der Waals surface area contributed by atoms with Crippen molar-refractivity contribution in [1.82, 2.24) is 9.97 Å². The summed E-state index contributed by atoms with van der Waals surface area (Å²) in [7, 11) is 0.526. The van der Waals surface area contributed by atoms with Gasteiger partial charge in [-0.15, -0.1) is 0 Å². The van der Waals surface area contributed by atoms with Crippen LogP contribution in [0.1, 0.15) is 49.7 Å². The highest BCUT2D eigenvalue weighted by Gasteiger charge is 2.33. The topological polar surface area (TPSA) is 89.0 Å². The number of Topliss-reactive ketones (excluding diaryl/α,β-unsaturated/α-hetero) is 1. The molecule has 0 spiro atoms.